The van der Waals surface area contributed by atoms with E-state index in [1.165, 1.54) is 0 Å². The quantitative estimate of drug-likeness (QED) is 0.750. The van der Waals surface area contributed by atoms with Gasteiger partial charge in [0, 0.05) is 45.7 Å². The Kier molecular flexibility index (Phi) is 5.67. The Hall–Kier alpha value is -1.50. The third kappa shape index (κ3) is 4.23. The van der Waals surface area contributed by atoms with Crippen molar-refractivity contribution in [3.8, 4) is 0 Å². The molecular formula is C15H23N3O3. The summed E-state index contributed by atoms with van der Waals surface area (Å²) < 4.78 is 5.00. The minimum absolute atomic E-state index is 0.204. The predicted molar refractivity (Wildman–Crippen MR) is 78.6 cm³/mol. The van der Waals surface area contributed by atoms with Crippen LogP contribution in [0.5, 0.6) is 0 Å². The number of rotatable bonds is 7. The number of amides is 1. The maximum absolute atomic E-state index is 12.4. The van der Waals surface area contributed by atoms with E-state index < -0.39 is 5.60 Å². The van der Waals surface area contributed by atoms with Gasteiger partial charge in [-0.3, -0.25) is 9.78 Å². The van der Waals surface area contributed by atoms with Crippen molar-refractivity contribution in [3.05, 3.63) is 30.1 Å². The van der Waals surface area contributed by atoms with E-state index in [1.807, 2.05) is 12.1 Å². The van der Waals surface area contributed by atoms with Crippen molar-refractivity contribution in [2.24, 2.45) is 0 Å². The summed E-state index contributed by atoms with van der Waals surface area (Å²) in [6, 6.07) is 3.82. The van der Waals surface area contributed by atoms with Crippen LogP contribution in [0.3, 0.4) is 0 Å². The average Bonchev–Trinajstić information content (AvgIpc) is 2.50. The molecule has 2 N–H and O–H groups in total. The topological polar surface area (TPSA) is 74.7 Å². The van der Waals surface area contributed by atoms with Crippen molar-refractivity contribution in [1.29, 1.82) is 0 Å². The summed E-state index contributed by atoms with van der Waals surface area (Å²) in [4.78, 5) is 18.1. The van der Waals surface area contributed by atoms with Gasteiger partial charge in [-0.05, 0) is 24.5 Å². The van der Waals surface area contributed by atoms with Crippen molar-refractivity contribution in [1.82, 2.24) is 15.2 Å². The van der Waals surface area contributed by atoms with Gasteiger partial charge in [-0.1, -0.05) is 6.07 Å². The summed E-state index contributed by atoms with van der Waals surface area (Å²) in [6.07, 6.45) is 4.79. The molecule has 0 radical (unpaired) electrons. The molecule has 0 aromatic carbocycles. The molecule has 1 amide bonds. The number of nitrogens with zero attached hydrogens (tertiary/aromatic N) is 2. The number of pyridine rings is 1. The molecule has 6 heteroatoms. The summed E-state index contributed by atoms with van der Waals surface area (Å²) in [5.74, 6) is -0.204. The van der Waals surface area contributed by atoms with Gasteiger partial charge in [-0.15, -0.1) is 0 Å². The molecule has 116 valence electrons. The Morgan fingerprint density at radius 1 is 1.57 bits per heavy atom. The molecule has 1 saturated heterocycles. The summed E-state index contributed by atoms with van der Waals surface area (Å²) in [6.45, 7) is 2.55. The number of piperidine rings is 1. The van der Waals surface area contributed by atoms with E-state index in [9.17, 15) is 9.90 Å². The average molecular weight is 293 g/mol. The van der Waals surface area contributed by atoms with Gasteiger partial charge in [0.25, 0.3) is 5.91 Å². The lowest BCUT2D eigenvalue weighted by Crippen LogP contribution is -2.58. The molecule has 0 saturated carbocycles. The molecule has 2 rings (SSSR count). The van der Waals surface area contributed by atoms with Gasteiger partial charge >= 0.3 is 0 Å². The number of methoxy groups -OCH3 is 1. The Labute approximate surface area is 125 Å². The first-order valence-corrected chi connectivity index (χ1v) is 7.26. The Bertz CT molecular complexity index is 455. The fraction of sp³-hybridized carbons (Fsp3) is 0.600. The Morgan fingerprint density at radius 3 is 3.14 bits per heavy atom. The fourth-order valence-corrected chi connectivity index (χ4v) is 2.56. The highest BCUT2D eigenvalue weighted by atomic mass is 16.5. The molecule has 1 aromatic heterocycles. The number of likely N-dealkylation sites (tertiary alicyclic amines) is 1. The first-order chi connectivity index (χ1) is 10.2. The molecule has 1 aromatic rings. The maximum Gasteiger partial charge on any atom is 0.255 e. The van der Waals surface area contributed by atoms with Crippen LogP contribution in [0.1, 0.15) is 18.4 Å². The number of aliphatic hydroxyl groups is 1. The second-order valence-corrected chi connectivity index (χ2v) is 5.38. The SMILES string of the molecule is COCCN1CCC[C@@](O)(CNCc2cccnc2)C1=O. The summed E-state index contributed by atoms with van der Waals surface area (Å²) in [5, 5.41) is 13.7. The summed E-state index contributed by atoms with van der Waals surface area (Å²) in [5.41, 5.74) is -0.283. The second-order valence-electron chi connectivity index (χ2n) is 5.38. The Morgan fingerprint density at radius 2 is 2.43 bits per heavy atom. The zero-order chi connectivity index (χ0) is 15.1. The lowest BCUT2D eigenvalue weighted by Gasteiger charge is -2.38. The smallest absolute Gasteiger partial charge is 0.255 e. The number of hydrogen-bond donors (Lipinski definition) is 2. The van der Waals surface area contributed by atoms with Gasteiger partial charge in [-0.25, -0.2) is 0 Å². The maximum atomic E-state index is 12.4. The number of ether oxygens (including phenoxy) is 1. The van der Waals surface area contributed by atoms with Crippen LogP contribution in [0.2, 0.25) is 0 Å². The standard InChI is InChI=1S/C15H23N3O3/c1-21-9-8-18-7-3-5-15(20,14(18)19)12-17-11-13-4-2-6-16-10-13/h2,4,6,10,17,20H,3,5,7-9,11-12H2,1H3/t15-/m1/s1. The van der Waals surface area contributed by atoms with Crippen molar-refractivity contribution in [3.63, 3.8) is 0 Å². The lowest BCUT2D eigenvalue weighted by atomic mass is 9.91. The molecule has 1 aliphatic rings. The van der Waals surface area contributed by atoms with Crippen molar-refractivity contribution in [2.75, 3.05) is 33.4 Å². The van der Waals surface area contributed by atoms with Crippen LogP contribution in [0, 0.1) is 0 Å². The van der Waals surface area contributed by atoms with Gasteiger partial charge in [0.1, 0.15) is 0 Å². The van der Waals surface area contributed by atoms with Gasteiger partial charge in [0.2, 0.25) is 0 Å². The van der Waals surface area contributed by atoms with Crippen LogP contribution in [-0.4, -0.2) is 59.8 Å². The van der Waals surface area contributed by atoms with Crippen LogP contribution in [0.4, 0.5) is 0 Å². The zero-order valence-electron chi connectivity index (χ0n) is 12.4. The highest BCUT2D eigenvalue weighted by Gasteiger charge is 2.41. The second kappa shape index (κ2) is 7.49. The molecule has 0 aliphatic carbocycles. The fourth-order valence-electron chi connectivity index (χ4n) is 2.56. The highest BCUT2D eigenvalue weighted by Crippen LogP contribution is 2.22. The molecule has 2 heterocycles. The number of hydrogen-bond acceptors (Lipinski definition) is 5. The minimum Gasteiger partial charge on any atom is -0.383 e. The number of carbonyl (C=O) groups excluding carboxylic acids is 1. The molecule has 0 spiro atoms. The van der Waals surface area contributed by atoms with E-state index in [1.54, 1.807) is 24.4 Å². The highest BCUT2D eigenvalue weighted by molar-refractivity contribution is 5.86. The van der Waals surface area contributed by atoms with E-state index in [0.717, 1.165) is 12.0 Å². The number of aromatic nitrogens is 1. The van der Waals surface area contributed by atoms with Crippen molar-refractivity contribution < 1.29 is 14.6 Å². The summed E-state index contributed by atoms with van der Waals surface area (Å²) in [7, 11) is 1.61. The first-order valence-electron chi connectivity index (χ1n) is 7.26. The predicted octanol–water partition coefficient (Wildman–Crippen LogP) is 0.171. The minimum atomic E-state index is -1.31. The molecule has 1 atom stereocenters. The molecular weight excluding hydrogens is 270 g/mol. The van der Waals surface area contributed by atoms with E-state index >= 15 is 0 Å². The normalized spacial score (nSPS) is 22.6. The molecule has 1 fully saturated rings. The zero-order valence-corrected chi connectivity index (χ0v) is 12.4. The lowest BCUT2D eigenvalue weighted by molar-refractivity contribution is -0.157. The first kappa shape index (κ1) is 15.9. The molecule has 0 unspecified atom stereocenters. The monoisotopic (exact) mass is 293 g/mol. The van der Waals surface area contributed by atoms with Crippen molar-refractivity contribution in [2.45, 2.75) is 25.0 Å². The van der Waals surface area contributed by atoms with Crippen LogP contribution in [0.15, 0.2) is 24.5 Å². The molecule has 0 bridgehead atoms. The van der Waals surface area contributed by atoms with E-state index in [-0.39, 0.29) is 12.5 Å². The number of nitrogens with one attached hydrogen (secondary N) is 1. The van der Waals surface area contributed by atoms with Crippen LogP contribution >= 0.6 is 0 Å². The van der Waals surface area contributed by atoms with Gasteiger partial charge < -0.3 is 20.1 Å². The third-order valence-electron chi connectivity index (χ3n) is 3.74. The van der Waals surface area contributed by atoms with Crippen LogP contribution < -0.4 is 5.32 Å². The van der Waals surface area contributed by atoms with Gasteiger partial charge in [0.05, 0.1) is 6.61 Å². The number of carbonyl (C=O) groups is 1. The largest absolute Gasteiger partial charge is 0.383 e. The van der Waals surface area contributed by atoms with Gasteiger partial charge in [-0.2, -0.15) is 0 Å². The molecule has 6 nitrogen and oxygen atoms in total. The van der Waals surface area contributed by atoms with Crippen LogP contribution in [-0.2, 0) is 16.1 Å². The van der Waals surface area contributed by atoms with Crippen LogP contribution in [0.25, 0.3) is 0 Å². The molecule has 21 heavy (non-hydrogen) atoms. The van der Waals surface area contributed by atoms with Gasteiger partial charge in [0.15, 0.2) is 5.60 Å². The van der Waals surface area contributed by atoms with E-state index in [4.69, 9.17) is 4.74 Å². The third-order valence-corrected chi connectivity index (χ3v) is 3.74. The van der Waals surface area contributed by atoms with Crippen molar-refractivity contribution >= 4 is 5.91 Å². The summed E-state index contributed by atoms with van der Waals surface area (Å²) >= 11 is 0. The molecule has 1 aliphatic heterocycles. The van der Waals surface area contributed by atoms with E-state index in [2.05, 4.69) is 10.3 Å². The van der Waals surface area contributed by atoms with E-state index in [0.29, 0.717) is 32.7 Å². The Balaban J connectivity index is 1.86.